The predicted octanol–water partition coefficient (Wildman–Crippen LogP) is 3.46. The van der Waals surface area contributed by atoms with Crippen LogP contribution in [-0.2, 0) is 0 Å². The predicted molar refractivity (Wildman–Crippen MR) is 84.8 cm³/mol. The van der Waals surface area contributed by atoms with E-state index in [1.807, 2.05) is 38.9 Å². The molecule has 0 saturated heterocycles. The summed E-state index contributed by atoms with van der Waals surface area (Å²) in [4.78, 5) is 19.9. The first-order valence-electron chi connectivity index (χ1n) is 6.81. The number of anilines is 1. The number of aromatic nitrogens is 2. The molecule has 3 heterocycles. The van der Waals surface area contributed by atoms with Gasteiger partial charge >= 0.3 is 0 Å². The van der Waals surface area contributed by atoms with Gasteiger partial charge in [0.15, 0.2) is 0 Å². The van der Waals surface area contributed by atoms with Crippen LogP contribution in [0, 0.1) is 0 Å². The molecule has 0 unspecified atom stereocenters. The second-order valence-corrected chi connectivity index (χ2v) is 5.82. The van der Waals surface area contributed by atoms with Crippen molar-refractivity contribution in [3.05, 3.63) is 59.5 Å². The van der Waals surface area contributed by atoms with Crippen molar-refractivity contribution in [1.29, 1.82) is 0 Å². The molecule has 0 saturated carbocycles. The van der Waals surface area contributed by atoms with E-state index in [-0.39, 0.29) is 5.91 Å². The van der Waals surface area contributed by atoms with E-state index >= 15 is 0 Å². The summed E-state index contributed by atoms with van der Waals surface area (Å²) in [6.07, 6.45) is 8.54. The Kier molecular flexibility index (Phi) is 2.86. The molecule has 1 aromatic carbocycles. The van der Waals surface area contributed by atoms with Gasteiger partial charge in [0.25, 0.3) is 5.91 Å². The molecule has 3 aromatic rings. The van der Waals surface area contributed by atoms with Crippen LogP contribution in [0.2, 0.25) is 0 Å². The first kappa shape index (κ1) is 12.3. The van der Waals surface area contributed by atoms with Crippen molar-refractivity contribution in [2.24, 2.45) is 0 Å². The van der Waals surface area contributed by atoms with Crippen molar-refractivity contribution in [2.75, 3.05) is 11.4 Å². The van der Waals surface area contributed by atoms with Crippen molar-refractivity contribution < 1.29 is 4.79 Å². The second kappa shape index (κ2) is 4.86. The summed E-state index contributed by atoms with van der Waals surface area (Å²) in [7, 11) is 0. The molecule has 4 rings (SSSR count). The number of fused-ring (bicyclic) bond motifs is 2. The summed E-state index contributed by atoms with van der Waals surface area (Å²) in [5.74, 6) is 0.0235. The van der Waals surface area contributed by atoms with Gasteiger partial charge in [-0.25, -0.2) is 4.98 Å². The lowest BCUT2D eigenvalue weighted by Crippen LogP contribution is -2.32. The number of nitrogens with zero attached hydrogens (tertiary/aromatic N) is 3. The minimum Gasteiger partial charge on any atom is -0.306 e. The van der Waals surface area contributed by atoms with Gasteiger partial charge in [-0.1, -0.05) is 30.4 Å². The average Bonchev–Trinajstić information content (AvgIpc) is 3.04. The molecule has 0 aliphatic carbocycles. The molecular weight excluding hydrogens is 282 g/mol. The van der Waals surface area contributed by atoms with Crippen molar-refractivity contribution in [2.45, 2.75) is 6.42 Å². The highest BCUT2D eigenvalue weighted by Crippen LogP contribution is 2.27. The Hall–Kier alpha value is -2.40. The quantitative estimate of drug-likeness (QED) is 0.689. The number of amides is 1. The minimum atomic E-state index is 0.0235. The number of imidazole rings is 1. The summed E-state index contributed by atoms with van der Waals surface area (Å²) in [6.45, 7) is 0.693. The lowest BCUT2D eigenvalue weighted by atomic mass is 10.1. The largest absolute Gasteiger partial charge is 0.306 e. The molecule has 4 nitrogen and oxygen atoms in total. The first-order chi connectivity index (χ1) is 10.3. The van der Waals surface area contributed by atoms with Crippen LogP contribution in [0.4, 0.5) is 5.69 Å². The molecule has 1 aliphatic heterocycles. The standard InChI is InChI=1S/C16H13N3OS/c20-16(14-10-21-15-9-17-11-19(14)15)18-8-4-3-6-12-5-1-2-7-13(12)18/h1-3,5-7,9-11H,4,8H2. The maximum Gasteiger partial charge on any atom is 0.276 e. The van der Waals surface area contributed by atoms with Gasteiger partial charge in [-0.15, -0.1) is 11.3 Å². The summed E-state index contributed by atoms with van der Waals surface area (Å²) in [5, 5.41) is 1.90. The molecule has 0 atom stereocenters. The molecule has 0 radical (unpaired) electrons. The maximum atomic E-state index is 12.9. The molecule has 0 spiro atoms. The monoisotopic (exact) mass is 295 g/mol. The Morgan fingerprint density at radius 2 is 2.19 bits per heavy atom. The highest BCUT2D eigenvalue weighted by atomic mass is 32.1. The molecule has 1 aliphatic rings. The van der Waals surface area contributed by atoms with E-state index in [9.17, 15) is 4.79 Å². The summed E-state index contributed by atoms with van der Waals surface area (Å²) < 4.78 is 1.86. The molecule has 5 heteroatoms. The first-order valence-corrected chi connectivity index (χ1v) is 7.69. The number of rotatable bonds is 1. The number of benzene rings is 1. The van der Waals surface area contributed by atoms with Gasteiger partial charge in [0, 0.05) is 11.9 Å². The van der Waals surface area contributed by atoms with Crippen molar-refractivity contribution in [3.63, 3.8) is 0 Å². The Bertz CT molecular complexity index is 846. The van der Waals surface area contributed by atoms with E-state index in [1.165, 1.54) is 11.3 Å². The fourth-order valence-electron chi connectivity index (χ4n) is 2.64. The average molecular weight is 295 g/mol. The summed E-state index contributed by atoms with van der Waals surface area (Å²) in [6, 6.07) is 8.01. The smallest absolute Gasteiger partial charge is 0.276 e. The van der Waals surface area contributed by atoms with Crippen molar-refractivity contribution in [3.8, 4) is 0 Å². The Labute approximate surface area is 126 Å². The van der Waals surface area contributed by atoms with Crippen LogP contribution in [0.25, 0.3) is 10.9 Å². The van der Waals surface area contributed by atoms with Crippen LogP contribution in [0.3, 0.4) is 0 Å². The van der Waals surface area contributed by atoms with Gasteiger partial charge in [-0.2, -0.15) is 0 Å². The third-order valence-corrected chi connectivity index (χ3v) is 4.55. The topological polar surface area (TPSA) is 37.6 Å². The fourth-order valence-corrected chi connectivity index (χ4v) is 3.46. The molecule has 1 amide bonds. The Morgan fingerprint density at radius 3 is 3.14 bits per heavy atom. The van der Waals surface area contributed by atoms with Crippen LogP contribution in [-0.4, -0.2) is 21.8 Å². The second-order valence-electron chi connectivity index (χ2n) is 4.93. The van der Waals surface area contributed by atoms with Crippen molar-refractivity contribution in [1.82, 2.24) is 9.38 Å². The van der Waals surface area contributed by atoms with E-state index in [1.54, 1.807) is 12.5 Å². The number of carbonyl (C=O) groups is 1. The van der Waals surface area contributed by atoms with Crippen molar-refractivity contribution >= 4 is 33.8 Å². The molecule has 21 heavy (non-hydrogen) atoms. The van der Waals surface area contributed by atoms with E-state index in [4.69, 9.17) is 0 Å². The summed E-state index contributed by atoms with van der Waals surface area (Å²) >= 11 is 1.54. The number of hydrogen-bond donors (Lipinski definition) is 0. The zero-order chi connectivity index (χ0) is 14.2. The molecular formula is C16H13N3OS. The van der Waals surface area contributed by atoms with Crippen LogP contribution in [0.5, 0.6) is 0 Å². The van der Waals surface area contributed by atoms with Crippen LogP contribution in [0.1, 0.15) is 22.5 Å². The number of carbonyl (C=O) groups excluding carboxylic acids is 1. The SMILES string of the molecule is O=C(c1csc2cncn12)N1CCC=Cc2ccccc21. The van der Waals surface area contributed by atoms with Gasteiger partial charge in [-0.3, -0.25) is 9.20 Å². The van der Waals surface area contributed by atoms with E-state index in [0.717, 1.165) is 22.5 Å². The number of thiazole rings is 1. The van der Waals surface area contributed by atoms with Gasteiger partial charge in [0.05, 0.1) is 11.9 Å². The van der Waals surface area contributed by atoms with Gasteiger partial charge in [-0.05, 0) is 18.1 Å². The molecule has 104 valence electrons. The van der Waals surface area contributed by atoms with Gasteiger partial charge < -0.3 is 4.90 Å². The van der Waals surface area contributed by atoms with E-state index in [0.29, 0.717) is 12.2 Å². The van der Waals surface area contributed by atoms with Gasteiger partial charge in [0.1, 0.15) is 16.9 Å². The van der Waals surface area contributed by atoms with Crippen LogP contribution < -0.4 is 4.90 Å². The number of hydrogen-bond acceptors (Lipinski definition) is 3. The third kappa shape index (κ3) is 1.97. The van der Waals surface area contributed by atoms with E-state index < -0.39 is 0 Å². The lowest BCUT2D eigenvalue weighted by molar-refractivity contribution is 0.0982. The Balaban J connectivity index is 1.80. The molecule has 0 fully saturated rings. The highest BCUT2D eigenvalue weighted by molar-refractivity contribution is 7.15. The summed E-state index contributed by atoms with van der Waals surface area (Å²) in [5.41, 5.74) is 2.72. The Morgan fingerprint density at radius 1 is 1.29 bits per heavy atom. The van der Waals surface area contributed by atoms with Crippen LogP contribution in [0.15, 0.2) is 48.2 Å². The maximum absolute atomic E-state index is 12.9. The zero-order valence-electron chi connectivity index (χ0n) is 11.3. The fraction of sp³-hybridized carbons (Fsp3) is 0.125. The number of para-hydroxylation sites is 1. The van der Waals surface area contributed by atoms with Crippen LogP contribution >= 0.6 is 11.3 Å². The van der Waals surface area contributed by atoms with E-state index in [2.05, 4.69) is 17.1 Å². The molecule has 2 aromatic heterocycles. The normalized spacial score (nSPS) is 14.2. The molecule has 0 bridgehead atoms. The lowest BCUT2D eigenvalue weighted by Gasteiger charge is -2.22. The highest BCUT2D eigenvalue weighted by Gasteiger charge is 2.23. The third-order valence-electron chi connectivity index (χ3n) is 3.66. The molecule has 0 N–H and O–H groups in total. The van der Waals surface area contributed by atoms with Gasteiger partial charge in [0.2, 0.25) is 0 Å². The zero-order valence-corrected chi connectivity index (χ0v) is 12.1. The minimum absolute atomic E-state index is 0.0235.